The number of carbonyl (C=O) groups is 2. The number of Topliss-reactive ketones (excluding diaryl/α,β-unsaturated/α-hetero) is 1. The van der Waals surface area contributed by atoms with E-state index < -0.39 is 12.1 Å². The Balaban J connectivity index is 1.53. The fourth-order valence-corrected chi connectivity index (χ4v) is 2.90. The van der Waals surface area contributed by atoms with Crippen LogP contribution in [-0.4, -0.2) is 43.8 Å². The van der Waals surface area contributed by atoms with Crippen molar-refractivity contribution in [3.05, 3.63) is 48.0 Å². The molecule has 0 saturated carbocycles. The molecule has 5 heteroatoms. The standard InChI is InChI=1S/C20H22O5/c1-14(24-12-16-8-5-11-23-16)20(22)25-13-19(21)18-10-4-7-15-6-2-3-9-17(15)18/h2-4,6-7,9-10,14,16H,5,8,11-13H2,1H3. The summed E-state index contributed by atoms with van der Waals surface area (Å²) in [6.45, 7) is 2.44. The van der Waals surface area contributed by atoms with Gasteiger partial charge in [-0.25, -0.2) is 4.79 Å². The topological polar surface area (TPSA) is 61.8 Å². The summed E-state index contributed by atoms with van der Waals surface area (Å²) < 4.78 is 16.1. The van der Waals surface area contributed by atoms with Crippen molar-refractivity contribution in [1.29, 1.82) is 0 Å². The third-order valence-electron chi connectivity index (χ3n) is 4.32. The number of benzene rings is 2. The first-order valence-electron chi connectivity index (χ1n) is 8.56. The lowest BCUT2D eigenvalue weighted by molar-refractivity contribution is -0.156. The summed E-state index contributed by atoms with van der Waals surface area (Å²) in [5, 5.41) is 1.83. The molecular formula is C20H22O5. The normalized spacial score (nSPS) is 18.2. The highest BCUT2D eigenvalue weighted by molar-refractivity contribution is 6.09. The number of carbonyl (C=O) groups excluding carboxylic acids is 2. The van der Waals surface area contributed by atoms with Crippen LogP contribution in [0.15, 0.2) is 42.5 Å². The van der Waals surface area contributed by atoms with Crippen LogP contribution in [0.2, 0.25) is 0 Å². The molecule has 2 unspecified atom stereocenters. The van der Waals surface area contributed by atoms with E-state index in [2.05, 4.69) is 0 Å². The molecule has 1 saturated heterocycles. The van der Waals surface area contributed by atoms with E-state index in [1.54, 1.807) is 13.0 Å². The van der Waals surface area contributed by atoms with Crippen molar-refractivity contribution in [1.82, 2.24) is 0 Å². The van der Waals surface area contributed by atoms with Crippen LogP contribution in [0.25, 0.3) is 10.8 Å². The molecule has 25 heavy (non-hydrogen) atoms. The van der Waals surface area contributed by atoms with Gasteiger partial charge in [0.1, 0.15) is 0 Å². The van der Waals surface area contributed by atoms with Gasteiger partial charge in [0.25, 0.3) is 0 Å². The van der Waals surface area contributed by atoms with E-state index in [1.807, 2.05) is 36.4 Å². The van der Waals surface area contributed by atoms with Gasteiger partial charge in [0.15, 0.2) is 12.7 Å². The third-order valence-corrected chi connectivity index (χ3v) is 4.32. The van der Waals surface area contributed by atoms with Crippen LogP contribution in [0.4, 0.5) is 0 Å². The zero-order chi connectivity index (χ0) is 17.6. The molecule has 5 nitrogen and oxygen atoms in total. The number of esters is 1. The molecule has 0 N–H and O–H groups in total. The Bertz CT molecular complexity index is 743. The van der Waals surface area contributed by atoms with Crippen LogP contribution in [0, 0.1) is 0 Å². The Labute approximate surface area is 146 Å². The number of ketones is 1. The first-order chi connectivity index (χ1) is 12.1. The van der Waals surface area contributed by atoms with Gasteiger partial charge in [-0.2, -0.15) is 0 Å². The Morgan fingerprint density at radius 3 is 2.80 bits per heavy atom. The van der Waals surface area contributed by atoms with Gasteiger partial charge < -0.3 is 14.2 Å². The summed E-state index contributed by atoms with van der Waals surface area (Å²) in [7, 11) is 0. The predicted octanol–water partition coefficient (Wildman–Crippen LogP) is 3.15. The van der Waals surface area contributed by atoms with Crippen molar-refractivity contribution in [2.75, 3.05) is 19.8 Å². The van der Waals surface area contributed by atoms with Crippen LogP contribution in [0.5, 0.6) is 0 Å². The molecule has 1 heterocycles. The maximum Gasteiger partial charge on any atom is 0.335 e. The lowest BCUT2D eigenvalue weighted by Gasteiger charge is -2.15. The van der Waals surface area contributed by atoms with E-state index in [0.717, 1.165) is 30.2 Å². The van der Waals surface area contributed by atoms with Gasteiger partial charge in [-0.1, -0.05) is 42.5 Å². The molecule has 0 radical (unpaired) electrons. The van der Waals surface area contributed by atoms with E-state index in [1.165, 1.54) is 0 Å². The molecule has 0 aliphatic carbocycles. The number of hydrogen-bond donors (Lipinski definition) is 0. The predicted molar refractivity (Wildman–Crippen MR) is 93.6 cm³/mol. The number of ether oxygens (including phenoxy) is 3. The molecule has 132 valence electrons. The van der Waals surface area contributed by atoms with Crippen LogP contribution in [0.3, 0.4) is 0 Å². The van der Waals surface area contributed by atoms with Crippen molar-refractivity contribution < 1.29 is 23.8 Å². The molecule has 0 bridgehead atoms. The van der Waals surface area contributed by atoms with Gasteiger partial charge in [0.05, 0.1) is 12.7 Å². The Morgan fingerprint density at radius 1 is 1.20 bits per heavy atom. The number of hydrogen-bond acceptors (Lipinski definition) is 5. The Morgan fingerprint density at radius 2 is 2.00 bits per heavy atom. The average Bonchev–Trinajstić information content (AvgIpc) is 3.17. The van der Waals surface area contributed by atoms with Crippen molar-refractivity contribution in [3.8, 4) is 0 Å². The largest absolute Gasteiger partial charge is 0.455 e. The molecule has 2 aromatic carbocycles. The highest BCUT2D eigenvalue weighted by Gasteiger charge is 2.21. The van der Waals surface area contributed by atoms with E-state index in [9.17, 15) is 9.59 Å². The Kier molecular flexibility index (Phi) is 5.79. The molecule has 3 rings (SSSR count). The third kappa shape index (κ3) is 4.44. The fourth-order valence-electron chi connectivity index (χ4n) is 2.90. The first-order valence-corrected chi connectivity index (χ1v) is 8.56. The minimum atomic E-state index is -0.718. The maximum absolute atomic E-state index is 12.4. The van der Waals surface area contributed by atoms with E-state index in [0.29, 0.717) is 12.2 Å². The summed E-state index contributed by atoms with van der Waals surface area (Å²) in [4.78, 5) is 24.4. The van der Waals surface area contributed by atoms with E-state index >= 15 is 0 Å². The summed E-state index contributed by atoms with van der Waals surface area (Å²) >= 11 is 0. The van der Waals surface area contributed by atoms with Crippen molar-refractivity contribution >= 4 is 22.5 Å². The van der Waals surface area contributed by atoms with E-state index in [-0.39, 0.29) is 18.5 Å². The lowest BCUT2D eigenvalue weighted by atomic mass is 10.0. The Hall–Kier alpha value is -2.24. The molecule has 0 spiro atoms. The van der Waals surface area contributed by atoms with Gasteiger partial charge in [-0.3, -0.25) is 4.79 Å². The second-order valence-electron chi connectivity index (χ2n) is 6.17. The van der Waals surface area contributed by atoms with Crippen LogP contribution >= 0.6 is 0 Å². The van der Waals surface area contributed by atoms with Crippen LogP contribution in [0.1, 0.15) is 30.1 Å². The van der Waals surface area contributed by atoms with Crippen LogP contribution in [-0.2, 0) is 19.0 Å². The highest BCUT2D eigenvalue weighted by Crippen LogP contribution is 2.19. The minimum absolute atomic E-state index is 0.0487. The molecule has 1 aliphatic rings. The van der Waals surface area contributed by atoms with Gasteiger partial charge >= 0.3 is 5.97 Å². The summed E-state index contributed by atoms with van der Waals surface area (Å²) in [5.41, 5.74) is 0.554. The molecule has 0 amide bonds. The van der Waals surface area contributed by atoms with Gasteiger partial charge in [-0.05, 0) is 30.5 Å². The molecule has 0 aromatic heterocycles. The fraction of sp³-hybridized carbons (Fsp3) is 0.400. The molecular weight excluding hydrogens is 320 g/mol. The monoisotopic (exact) mass is 342 g/mol. The van der Waals surface area contributed by atoms with Gasteiger partial charge in [0, 0.05) is 12.2 Å². The summed E-state index contributed by atoms with van der Waals surface area (Å²) in [6.07, 6.45) is 1.30. The summed E-state index contributed by atoms with van der Waals surface area (Å²) in [5.74, 6) is -0.761. The molecule has 1 fully saturated rings. The SMILES string of the molecule is CC(OCC1CCCO1)C(=O)OCC(=O)c1cccc2ccccc12. The van der Waals surface area contributed by atoms with Crippen molar-refractivity contribution in [2.24, 2.45) is 0 Å². The molecule has 1 aliphatic heterocycles. The van der Waals surface area contributed by atoms with Crippen LogP contribution < -0.4 is 0 Å². The first kappa shape index (κ1) is 17.6. The quantitative estimate of drug-likeness (QED) is 0.571. The molecule has 2 atom stereocenters. The second kappa shape index (κ2) is 8.23. The van der Waals surface area contributed by atoms with Crippen molar-refractivity contribution in [2.45, 2.75) is 32.0 Å². The maximum atomic E-state index is 12.4. The van der Waals surface area contributed by atoms with Gasteiger partial charge in [-0.15, -0.1) is 0 Å². The molecule has 2 aromatic rings. The number of fused-ring (bicyclic) bond motifs is 1. The van der Waals surface area contributed by atoms with E-state index in [4.69, 9.17) is 14.2 Å². The van der Waals surface area contributed by atoms with Crippen molar-refractivity contribution in [3.63, 3.8) is 0 Å². The number of rotatable bonds is 7. The zero-order valence-electron chi connectivity index (χ0n) is 14.3. The lowest BCUT2D eigenvalue weighted by Crippen LogP contribution is -2.29. The zero-order valence-corrected chi connectivity index (χ0v) is 14.3. The smallest absolute Gasteiger partial charge is 0.335 e. The highest BCUT2D eigenvalue weighted by atomic mass is 16.6. The van der Waals surface area contributed by atoms with Gasteiger partial charge in [0.2, 0.25) is 5.78 Å². The minimum Gasteiger partial charge on any atom is -0.455 e. The summed E-state index contributed by atoms with van der Waals surface area (Å²) in [6, 6.07) is 13.1. The second-order valence-corrected chi connectivity index (χ2v) is 6.17. The average molecular weight is 342 g/mol.